The van der Waals surface area contributed by atoms with Crippen LogP contribution in [-0.4, -0.2) is 41.1 Å². The first-order valence-electron chi connectivity index (χ1n) is 6.43. The number of carbonyl (C=O) groups excluding carboxylic acids is 1. The minimum absolute atomic E-state index is 0.0553. The summed E-state index contributed by atoms with van der Waals surface area (Å²) in [5.74, 6) is -0.669. The second kappa shape index (κ2) is 3.87. The molecule has 1 saturated heterocycles. The van der Waals surface area contributed by atoms with Crippen molar-refractivity contribution in [3.8, 4) is 0 Å². The van der Waals surface area contributed by atoms with Crippen molar-refractivity contribution in [1.82, 2.24) is 10.2 Å². The molecule has 0 radical (unpaired) electrons. The molecule has 1 aliphatic heterocycles. The summed E-state index contributed by atoms with van der Waals surface area (Å²) in [5.41, 5.74) is 0.266. The highest BCUT2D eigenvalue weighted by molar-refractivity contribution is 5.77. The third-order valence-corrected chi connectivity index (χ3v) is 5.00. The SMILES string of the molecule is CC1(C)C(NC(=O)N2CC(CC(=O)O)C2)C1(C)C. The average Bonchev–Trinajstić information content (AvgIpc) is 2.53. The van der Waals surface area contributed by atoms with Gasteiger partial charge in [-0.25, -0.2) is 4.79 Å². The Labute approximate surface area is 108 Å². The van der Waals surface area contributed by atoms with Gasteiger partial charge in [0.15, 0.2) is 0 Å². The van der Waals surface area contributed by atoms with E-state index in [0.717, 1.165) is 0 Å². The van der Waals surface area contributed by atoms with E-state index in [9.17, 15) is 9.59 Å². The molecule has 2 fully saturated rings. The highest BCUT2D eigenvalue weighted by Crippen LogP contribution is 2.62. The van der Waals surface area contributed by atoms with E-state index in [4.69, 9.17) is 5.11 Å². The summed E-state index contributed by atoms with van der Waals surface area (Å²) in [6.45, 7) is 9.74. The molecule has 0 aromatic carbocycles. The van der Waals surface area contributed by atoms with Gasteiger partial charge in [0.25, 0.3) is 0 Å². The van der Waals surface area contributed by atoms with Gasteiger partial charge in [-0.3, -0.25) is 4.79 Å². The maximum atomic E-state index is 12.0. The number of hydrogen-bond donors (Lipinski definition) is 2. The van der Waals surface area contributed by atoms with Crippen molar-refractivity contribution in [3.05, 3.63) is 0 Å². The Kier molecular flexibility index (Phi) is 2.83. The Morgan fingerprint density at radius 3 is 2.11 bits per heavy atom. The number of amides is 2. The van der Waals surface area contributed by atoms with Gasteiger partial charge in [-0.1, -0.05) is 27.7 Å². The molecule has 0 aromatic rings. The summed E-state index contributed by atoms with van der Waals surface area (Å²) in [4.78, 5) is 24.2. The van der Waals surface area contributed by atoms with Crippen LogP contribution in [0.1, 0.15) is 34.1 Å². The van der Waals surface area contributed by atoms with Crippen molar-refractivity contribution in [3.63, 3.8) is 0 Å². The van der Waals surface area contributed by atoms with Crippen LogP contribution in [-0.2, 0) is 4.79 Å². The quantitative estimate of drug-likeness (QED) is 0.802. The molecule has 2 aliphatic rings. The first-order chi connectivity index (χ1) is 8.16. The Hall–Kier alpha value is -1.26. The molecule has 5 nitrogen and oxygen atoms in total. The number of rotatable bonds is 3. The Morgan fingerprint density at radius 1 is 1.22 bits per heavy atom. The molecular formula is C13H22N2O3. The van der Waals surface area contributed by atoms with Gasteiger partial charge in [-0.05, 0) is 10.8 Å². The maximum Gasteiger partial charge on any atom is 0.317 e. The fraction of sp³-hybridized carbons (Fsp3) is 0.846. The normalized spacial score (nSPS) is 25.4. The van der Waals surface area contributed by atoms with E-state index in [-0.39, 0.29) is 35.2 Å². The maximum absolute atomic E-state index is 12.0. The summed E-state index contributed by atoms with van der Waals surface area (Å²) >= 11 is 0. The zero-order valence-electron chi connectivity index (χ0n) is 11.5. The molecule has 0 aromatic heterocycles. The minimum Gasteiger partial charge on any atom is -0.481 e. The van der Waals surface area contributed by atoms with Gasteiger partial charge < -0.3 is 15.3 Å². The third kappa shape index (κ3) is 1.95. The van der Waals surface area contributed by atoms with Crippen LogP contribution in [0.2, 0.25) is 0 Å². The number of carboxylic acid groups (broad SMARTS) is 1. The monoisotopic (exact) mass is 254 g/mol. The number of nitrogens with one attached hydrogen (secondary N) is 1. The van der Waals surface area contributed by atoms with Gasteiger partial charge >= 0.3 is 12.0 Å². The number of aliphatic carboxylic acids is 1. The molecule has 0 unspecified atom stereocenters. The topological polar surface area (TPSA) is 69.6 Å². The largest absolute Gasteiger partial charge is 0.481 e. The van der Waals surface area contributed by atoms with E-state index in [1.807, 2.05) is 0 Å². The highest BCUT2D eigenvalue weighted by Gasteiger charge is 2.65. The smallest absolute Gasteiger partial charge is 0.317 e. The number of urea groups is 1. The van der Waals surface area contributed by atoms with Gasteiger partial charge in [0.1, 0.15) is 0 Å². The molecule has 0 spiro atoms. The van der Waals surface area contributed by atoms with Crippen LogP contribution < -0.4 is 5.32 Å². The highest BCUT2D eigenvalue weighted by atomic mass is 16.4. The average molecular weight is 254 g/mol. The summed E-state index contributed by atoms with van der Waals surface area (Å²) in [6, 6.07) is 0.149. The van der Waals surface area contributed by atoms with Gasteiger partial charge in [0.2, 0.25) is 0 Å². The molecule has 0 bridgehead atoms. The van der Waals surface area contributed by atoms with Gasteiger partial charge in [0, 0.05) is 25.0 Å². The van der Waals surface area contributed by atoms with Crippen LogP contribution >= 0.6 is 0 Å². The lowest BCUT2D eigenvalue weighted by Gasteiger charge is -2.38. The molecule has 2 amide bonds. The molecular weight excluding hydrogens is 232 g/mol. The predicted octanol–water partition coefficient (Wildman–Crippen LogP) is 1.54. The Morgan fingerprint density at radius 2 is 1.72 bits per heavy atom. The first kappa shape index (κ1) is 13.2. The zero-order valence-corrected chi connectivity index (χ0v) is 11.5. The molecule has 2 rings (SSSR count). The summed E-state index contributed by atoms with van der Waals surface area (Å²) in [5, 5.41) is 11.7. The fourth-order valence-electron chi connectivity index (χ4n) is 2.88. The molecule has 5 heteroatoms. The summed E-state index contributed by atoms with van der Waals surface area (Å²) < 4.78 is 0. The van der Waals surface area contributed by atoms with Crippen LogP contribution in [0, 0.1) is 16.7 Å². The molecule has 1 aliphatic carbocycles. The molecule has 1 saturated carbocycles. The summed E-state index contributed by atoms with van der Waals surface area (Å²) in [6.07, 6.45) is 0.157. The van der Waals surface area contributed by atoms with Gasteiger partial charge in [0.05, 0.1) is 6.42 Å². The third-order valence-electron chi connectivity index (χ3n) is 5.00. The molecule has 2 N–H and O–H groups in total. The van der Waals surface area contributed by atoms with Crippen molar-refractivity contribution in [1.29, 1.82) is 0 Å². The Bertz CT molecular complexity index is 370. The van der Waals surface area contributed by atoms with Gasteiger partial charge in [-0.15, -0.1) is 0 Å². The van der Waals surface area contributed by atoms with Crippen molar-refractivity contribution in [2.75, 3.05) is 13.1 Å². The van der Waals surface area contributed by atoms with E-state index >= 15 is 0 Å². The zero-order chi connectivity index (χ0) is 13.7. The standard InChI is InChI=1S/C13H22N2O3/c1-12(2)10(13(12,3)4)14-11(18)15-6-8(7-15)5-9(16)17/h8,10H,5-7H2,1-4H3,(H,14,18)(H,16,17). The van der Waals surface area contributed by atoms with E-state index < -0.39 is 5.97 Å². The van der Waals surface area contributed by atoms with Crippen LogP contribution in [0.15, 0.2) is 0 Å². The lowest BCUT2D eigenvalue weighted by Crippen LogP contribution is -2.55. The van der Waals surface area contributed by atoms with Crippen molar-refractivity contribution in [2.45, 2.75) is 40.2 Å². The molecule has 1 heterocycles. The summed E-state index contributed by atoms with van der Waals surface area (Å²) in [7, 11) is 0. The number of carbonyl (C=O) groups is 2. The molecule has 18 heavy (non-hydrogen) atoms. The lowest BCUT2D eigenvalue weighted by atomic mass is 9.97. The van der Waals surface area contributed by atoms with E-state index in [1.54, 1.807) is 4.90 Å². The van der Waals surface area contributed by atoms with E-state index in [0.29, 0.717) is 13.1 Å². The van der Waals surface area contributed by atoms with E-state index in [1.165, 1.54) is 0 Å². The molecule has 102 valence electrons. The minimum atomic E-state index is -0.787. The first-order valence-corrected chi connectivity index (χ1v) is 6.43. The van der Waals surface area contributed by atoms with Gasteiger partial charge in [-0.2, -0.15) is 0 Å². The number of hydrogen-bond acceptors (Lipinski definition) is 2. The fourth-order valence-corrected chi connectivity index (χ4v) is 2.88. The molecule has 0 atom stereocenters. The number of likely N-dealkylation sites (tertiary alicyclic amines) is 1. The number of nitrogens with zero attached hydrogens (tertiary/aromatic N) is 1. The van der Waals surface area contributed by atoms with E-state index in [2.05, 4.69) is 33.0 Å². The van der Waals surface area contributed by atoms with Crippen LogP contribution in [0.5, 0.6) is 0 Å². The van der Waals surface area contributed by atoms with Crippen molar-refractivity contribution >= 4 is 12.0 Å². The van der Waals surface area contributed by atoms with Crippen molar-refractivity contribution < 1.29 is 14.7 Å². The van der Waals surface area contributed by atoms with Crippen LogP contribution in [0.4, 0.5) is 4.79 Å². The second-order valence-electron chi connectivity index (χ2n) is 6.69. The number of carboxylic acids is 1. The Balaban J connectivity index is 1.77. The second-order valence-corrected chi connectivity index (χ2v) is 6.69. The van der Waals surface area contributed by atoms with Crippen LogP contribution in [0.3, 0.4) is 0 Å². The van der Waals surface area contributed by atoms with Crippen LogP contribution in [0.25, 0.3) is 0 Å². The lowest BCUT2D eigenvalue weighted by molar-refractivity contribution is -0.139. The van der Waals surface area contributed by atoms with Crippen molar-refractivity contribution in [2.24, 2.45) is 16.7 Å². The predicted molar refractivity (Wildman–Crippen MR) is 67.2 cm³/mol.